The van der Waals surface area contributed by atoms with Crippen LogP contribution in [0.2, 0.25) is 10.0 Å². The molecule has 0 radical (unpaired) electrons. The number of nitrogens with two attached hydrogens (primary N) is 1. The van der Waals surface area contributed by atoms with E-state index < -0.39 is 14.8 Å². The average molecular weight is 1010 g/mol. The summed E-state index contributed by atoms with van der Waals surface area (Å²) < 4.78 is 0.187. The van der Waals surface area contributed by atoms with Gasteiger partial charge in [-0.25, -0.2) is 15.0 Å². The first kappa shape index (κ1) is 62.4. The summed E-state index contributed by atoms with van der Waals surface area (Å²) in [6.07, 6.45) is 23.8. The first-order valence-electron chi connectivity index (χ1n) is 21.3. The van der Waals surface area contributed by atoms with Gasteiger partial charge in [0.1, 0.15) is 11.4 Å². The predicted octanol–water partition coefficient (Wildman–Crippen LogP) is 16.4. The lowest BCUT2D eigenvalue weighted by Crippen LogP contribution is -2.01. The van der Waals surface area contributed by atoms with Crippen LogP contribution >= 0.6 is 39.1 Å². The first-order valence-corrected chi connectivity index (χ1v) is 22.9. The molecular weight excluding hydrogens is 947 g/mol. The monoisotopic (exact) mass is 1010 g/mol. The summed E-state index contributed by atoms with van der Waals surface area (Å²) in [5, 5.41) is 32.2. The highest BCUT2D eigenvalue weighted by Gasteiger charge is 2.17. The summed E-state index contributed by atoms with van der Waals surface area (Å²) in [5.74, 6) is 0.412. The number of nitrogen functional groups attached to an aromatic ring is 1. The number of anilines is 1. The Morgan fingerprint density at radius 3 is 1.59 bits per heavy atom. The van der Waals surface area contributed by atoms with Crippen molar-refractivity contribution in [1.82, 2.24) is 19.9 Å². The van der Waals surface area contributed by atoms with E-state index in [1.54, 1.807) is 20.0 Å². The largest absolute Gasteiger partial charge is 0.397 e. The van der Waals surface area contributed by atoms with Crippen LogP contribution in [0.3, 0.4) is 0 Å². The molecule has 66 heavy (non-hydrogen) atoms. The minimum Gasteiger partial charge on any atom is -0.397 e. The molecule has 0 atom stereocenters. The van der Waals surface area contributed by atoms with Crippen molar-refractivity contribution in [3.8, 4) is 0 Å². The van der Waals surface area contributed by atoms with E-state index in [2.05, 4.69) is 115 Å². The van der Waals surface area contributed by atoms with Crippen LogP contribution in [0.4, 0.5) is 22.7 Å². The molecule has 0 aliphatic rings. The standard InChI is InChI=1S/C13H16N2O2.C13H22N2.C8H7ClN2O2.C6H12.C5H2BrClN2O2.C4H8/c1-4-5-6-7-11-8-12(15(16)17)13(10(2)3)14-9-11;1-4-5-6-7-11-8-12(14)13(10(2)3)15-9-11;1-5(2)8-7(11(12)13)3-6(9)4-10-8;1-3-5-6-4-2;6-5-4(9(10)11)1-3(7)2-8-5;1-4(2)3/h6-9H,2,4-5H2,1,3H3;8-10H,4-7,14H2,1-3H3;3-4H,1H2,2H3;3,5H,4,6H2,1-2H3;1-2H;1H2,2-3H3/b7-6+;;;5-3+;;. The van der Waals surface area contributed by atoms with E-state index in [0.717, 1.165) is 36.2 Å². The van der Waals surface area contributed by atoms with Gasteiger partial charge in [-0.2, -0.15) is 0 Å². The summed E-state index contributed by atoms with van der Waals surface area (Å²) in [6.45, 7) is 30.9. The molecule has 4 heterocycles. The van der Waals surface area contributed by atoms with Gasteiger partial charge >= 0.3 is 5.69 Å². The minimum atomic E-state index is -0.553. The van der Waals surface area contributed by atoms with Crippen molar-refractivity contribution in [3.63, 3.8) is 0 Å². The zero-order chi connectivity index (χ0) is 50.9. The highest BCUT2D eigenvalue weighted by atomic mass is 79.9. The molecule has 0 saturated carbocycles. The van der Waals surface area contributed by atoms with E-state index in [4.69, 9.17) is 28.9 Å². The molecule has 0 spiro atoms. The topological polar surface area (TPSA) is 207 Å². The molecule has 0 fully saturated rings. The smallest absolute Gasteiger partial charge is 0.303 e. The Hall–Kier alpha value is -5.64. The maximum absolute atomic E-state index is 10.9. The number of aromatic nitrogens is 4. The van der Waals surface area contributed by atoms with E-state index in [-0.39, 0.29) is 37.4 Å². The number of hydrogen-bond acceptors (Lipinski definition) is 11. The third-order valence-electron chi connectivity index (χ3n) is 7.99. The fourth-order valence-corrected chi connectivity index (χ4v) is 5.59. The Balaban J connectivity index is 0. The molecule has 0 amide bonds. The maximum Gasteiger partial charge on any atom is 0.303 e. The first-order chi connectivity index (χ1) is 31.0. The highest BCUT2D eigenvalue weighted by molar-refractivity contribution is 9.10. The summed E-state index contributed by atoms with van der Waals surface area (Å²) in [7, 11) is 0. The Morgan fingerprint density at radius 1 is 0.712 bits per heavy atom. The molecule has 4 aromatic heterocycles. The molecule has 2 N–H and O–H groups in total. The van der Waals surface area contributed by atoms with E-state index >= 15 is 0 Å². The highest BCUT2D eigenvalue weighted by Crippen LogP contribution is 2.27. The van der Waals surface area contributed by atoms with E-state index in [1.807, 2.05) is 32.2 Å². The average Bonchev–Trinajstić information content (AvgIpc) is 3.24. The van der Waals surface area contributed by atoms with Crippen LogP contribution in [-0.4, -0.2) is 34.7 Å². The van der Waals surface area contributed by atoms with Gasteiger partial charge in [-0.3, -0.25) is 35.3 Å². The van der Waals surface area contributed by atoms with E-state index in [0.29, 0.717) is 22.8 Å². The normalized spacial score (nSPS) is 10.1. The van der Waals surface area contributed by atoms with Crippen LogP contribution in [0, 0.1) is 30.3 Å². The lowest BCUT2D eigenvalue weighted by Gasteiger charge is -2.09. The number of halogens is 3. The van der Waals surface area contributed by atoms with Crippen molar-refractivity contribution < 1.29 is 14.8 Å². The van der Waals surface area contributed by atoms with Crippen molar-refractivity contribution in [2.24, 2.45) is 0 Å². The molecule has 0 unspecified atom stereocenters. The molecule has 0 bridgehead atoms. The summed E-state index contributed by atoms with van der Waals surface area (Å²) in [5.41, 5.74) is 12.6. The van der Waals surface area contributed by atoms with Gasteiger partial charge in [-0.1, -0.05) is 127 Å². The van der Waals surface area contributed by atoms with Crippen molar-refractivity contribution in [2.45, 2.75) is 127 Å². The van der Waals surface area contributed by atoms with Gasteiger partial charge < -0.3 is 5.73 Å². The van der Waals surface area contributed by atoms with Gasteiger partial charge in [0.25, 0.3) is 11.4 Å². The number of aryl methyl sites for hydroxylation is 1. The molecule has 0 aliphatic carbocycles. The molecule has 4 aromatic rings. The summed E-state index contributed by atoms with van der Waals surface area (Å²) in [6, 6.07) is 6.11. The quantitative estimate of drug-likeness (QED) is 0.0389. The van der Waals surface area contributed by atoms with Gasteiger partial charge in [-0.05, 0) is 110 Å². The molecule has 4 rings (SSSR count). The molecule has 360 valence electrons. The third-order valence-corrected chi connectivity index (χ3v) is 9.01. The lowest BCUT2D eigenvalue weighted by molar-refractivity contribution is -0.386. The number of pyridine rings is 4. The van der Waals surface area contributed by atoms with Gasteiger partial charge in [0.05, 0.1) is 36.2 Å². The van der Waals surface area contributed by atoms with Crippen molar-refractivity contribution in [3.05, 3.63) is 166 Å². The Labute approximate surface area is 409 Å². The SMILES string of the molecule is C/C=C/CCC.C=C(C)C.C=C(C)c1ncc(/C=C/CCC)cc1[N+](=O)[O-].C=C(C)c1ncc(Cl)cc1[N+](=O)[O-].CCCCCc1cnc(C(C)C)c(N)c1.O=[N+]([O-])c1cc(Cl)cnc1Br. The number of unbranched alkanes of at least 4 members (excludes halogenated alkanes) is 4. The number of nitrogens with zero attached hydrogens (tertiary/aromatic N) is 7. The molecule has 14 nitrogen and oxygen atoms in total. The number of rotatable bonds is 15. The molecule has 17 heteroatoms. The molecular formula is C49H67BrCl2N8O6. The zero-order valence-corrected chi connectivity index (χ0v) is 43.2. The fraction of sp³-hybridized carbons (Fsp3) is 0.388. The van der Waals surface area contributed by atoms with Crippen molar-refractivity contribution >= 4 is 79.1 Å². The maximum atomic E-state index is 10.9. The Bertz CT molecular complexity index is 2250. The van der Waals surface area contributed by atoms with Crippen LogP contribution < -0.4 is 5.73 Å². The molecule has 0 saturated heterocycles. The lowest BCUT2D eigenvalue weighted by atomic mass is 10.0. The van der Waals surface area contributed by atoms with Gasteiger partial charge in [0.15, 0.2) is 4.60 Å². The second-order valence-corrected chi connectivity index (χ2v) is 16.8. The third kappa shape index (κ3) is 27.6. The summed E-state index contributed by atoms with van der Waals surface area (Å²) in [4.78, 5) is 46.2. The van der Waals surface area contributed by atoms with E-state index in [9.17, 15) is 30.3 Å². The van der Waals surface area contributed by atoms with Gasteiger partial charge in [0, 0.05) is 43.0 Å². The second-order valence-electron chi connectivity index (χ2n) is 15.1. The Morgan fingerprint density at radius 2 is 1.18 bits per heavy atom. The summed E-state index contributed by atoms with van der Waals surface area (Å²) >= 11 is 14.0. The molecule has 0 aliphatic heterocycles. The van der Waals surface area contributed by atoms with E-state index in [1.165, 1.54) is 73.8 Å². The number of hydrogen-bond donors (Lipinski definition) is 1. The van der Waals surface area contributed by atoms with Crippen LogP contribution in [0.1, 0.15) is 148 Å². The van der Waals surface area contributed by atoms with Gasteiger partial charge in [-0.15, -0.1) is 6.58 Å². The zero-order valence-electron chi connectivity index (χ0n) is 40.1. The Kier molecular flexibility index (Phi) is 33.7. The van der Waals surface area contributed by atoms with Crippen LogP contribution in [-0.2, 0) is 6.42 Å². The van der Waals surface area contributed by atoms with Gasteiger partial charge in [0.2, 0.25) is 0 Å². The van der Waals surface area contributed by atoms with Crippen molar-refractivity contribution in [2.75, 3.05) is 5.73 Å². The van der Waals surface area contributed by atoms with Crippen LogP contribution in [0.15, 0.2) is 97.2 Å². The predicted molar refractivity (Wildman–Crippen MR) is 280 cm³/mol. The second kappa shape index (κ2) is 35.6. The van der Waals surface area contributed by atoms with Crippen LogP contribution in [0.25, 0.3) is 17.2 Å². The van der Waals surface area contributed by atoms with Crippen molar-refractivity contribution in [1.29, 1.82) is 0 Å². The molecule has 0 aromatic carbocycles. The van der Waals surface area contributed by atoms with Crippen LogP contribution in [0.5, 0.6) is 0 Å². The minimum absolute atomic E-state index is 0.0103. The fourth-order valence-electron chi connectivity index (χ4n) is 4.92. The number of allylic oxidation sites excluding steroid dienone is 6. The number of nitro groups is 3.